The summed E-state index contributed by atoms with van der Waals surface area (Å²) in [6, 6.07) is 6.43. The van der Waals surface area contributed by atoms with Crippen LogP contribution in [-0.4, -0.2) is 43.2 Å². The number of aliphatic carboxylic acids is 1. The molecular formula is C29H33FN3NaO4. The average Bonchev–Trinajstić information content (AvgIpc) is 3.73. The molecule has 0 radical (unpaired) electrons. The van der Waals surface area contributed by atoms with Crippen molar-refractivity contribution in [1.82, 2.24) is 14.8 Å². The normalized spacial score (nSPS) is 17.5. The first-order valence-corrected chi connectivity index (χ1v) is 13.0. The van der Waals surface area contributed by atoms with Crippen molar-refractivity contribution in [2.24, 2.45) is 0 Å². The van der Waals surface area contributed by atoms with Crippen LogP contribution in [0.4, 0.5) is 4.39 Å². The average molecular weight is 530 g/mol. The van der Waals surface area contributed by atoms with Crippen molar-refractivity contribution in [3.05, 3.63) is 53.1 Å². The molecule has 0 saturated heterocycles. The summed E-state index contributed by atoms with van der Waals surface area (Å²) in [6.07, 6.45) is 4.60. The van der Waals surface area contributed by atoms with Crippen molar-refractivity contribution in [3.8, 4) is 11.1 Å². The number of pyridine rings is 1. The number of aliphatic hydroxyl groups excluding tert-OH is 2. The number of hydrogen-bond donors (Lipinski definition) is 2. The zero-order chi connectivity index (χ0) is 26.5. The maximum Gasteiger partial charge on any atom is 1.00 e. The number of halogens is 1. The maximum absolute atomic E-state index is 13.9. The number of hydrogen-bond acceptors (Lipinski definition) is 6. The summed E-state index contributed by atoms with van der Waals surface area (Å²) < 4.78 is 15.9. The van der Waals surface area contributed by atoms with Crippen molar-refractivity contribution >= 4 is 23.1 Å². The number of aliphatic hydroxyl groups is 2. The smallest absolute Gasteiger partial charge is 0.550 e. The Morgan fingerprint density at radius 2 is 1.74 bits per heavy atom. The summed E-state index contributed by atoms with van der Waals surface area (Å²) in [5.74, 6) is -1.06. The molecular weight excluding hydrogens is 496 g/mol. The monoisotopic (exact) mass is 529 g/mol. The molecule has 0 amide bonds. The third kappa shape index (κ3) is 6.20. The van der Waals surface area contributed by atoms with Crippen LogP contribution in [0.2, 0.25) is 0 Å². The van der Waals surface area contributed by atoms with E-state index in [0.717, 1.165) is 64.8 Å². The van der Waals surface area contributed by atoms with E-state index in [0.29, 0.717) is 5.92 Å². The molecule has 0 spiro atoms. The first-order chi connectivity index (χ1) is 17.5. The van der Waals surface area contributed by atoms with Crippen LogP contribution in [0.3, 0.4) is 0 Å². The van der Waals surface area contributed by atoms with E-state index < -0.39 is 24.6 Å². The van der Waals surface area contributed by atoms with Gasteiger partial charge >= 0.3 is 29.6 Å². The fourth-order valence-electron chi connectivity index (χ4n) is 4.91. The summed E-state index contributed by atoms with van der Waals surface area (Å²) in [7, 11) is 0. The van der Waals surface area contributed by atoms with Gasteiger partial charge in [0.05, 0.1) is 34.5 Å². The number of rotatable bonds is 9. The molecule has 1 aromatic carbocycles. The van der Waals surface area contributed by atoms with E-state index in [2.05, 4.69) is 20.8 Å². The van der Waals surface area contributed by atoms with E-state index >= 15 is 0 Å². The zero-order valence-electron chi connectivity index (χ0n) is 22.4. The van der Waals surface area contributed by atoms with Crippen molar-refractivity contribution in [3.63, 3.8) is 0 Å². The first-order valence-electron chi connectivity index (χ1n) is 13.0. The molecule has 2 aliphatic rings. The Kier molecular flexibility index (Phi) is 8.50. The number of carboxylic acid groups (broad SMARTS) is 1. The number of carbonyl (C=O) groups excluding carboxylic acids is 1. The third-order valence-electron chi connectivity index (χ3n) is 7.01. The van der Waals surface area contributed by atoms with Gasteiger partial charge in [0.1, 0.15) is 5.82 Å². The van der Waals surface area contributed by atoms with Gasteiger partial charge in [0.2, 0.25) is 0 Å². The van der Waals surface area contributed by atoms with Crippen molar-refractivity contribution in [1.29, 1.82) is 0 Å². The Labute approximate surface area is 244 Å². The van der Waals surface area contributed by atoms with E-state index in [1.165, 1.54) is 12.1 Å². The summed E-state index contributed by atoms with van der Waals surface area (Å²) in [5, 5.41) is 37.3. The van der Waals surface area contributed by atoms with Gasteiger partial charge in [-0.25, -0.2) is 14.1 Å². The summed E-state index contributed by atoms with van der Waals surface area (Å²) in [5.41, 5.74) is 5.06. The van der Waals surface area contributed by atoms with Gasteiger partial charge in [-0.05, 0) is 64.2 Å². The van der Waals surface area contributed by atoms with Gasteiger partial charge in [-0.2, -0.15) is 5.10 Å². The Morgan fingerprint density at radius 1 is 1.13 bits per heavy atom. The molecule has 2 saturated carbocycles. The van der Waals surface area contributed by atoms with E-state index in [1.807, 2.05) is 10.8 Å². The van der Waals surface area contributed by atoms with Crippen LogP contribution in [0.15, 0.2) is 30.3 Å². The van der Waals surface area contributed by atoms with Crippen LogP contribution in [0, 0.1) is 5.82 Å². The second kappa shape index (κ2) is 11.2. The van der Waals surface area contributed by atoms with Crippen molar-refractivity contribution < 1.29 is 54.1 Å². The van der Waals surface area contributed by atoms with Crippen molar-refractivity contribution in [2.75, 3.05) is 0 Å². The molecule has 2 fully saturated rings. The van der Waals surface area contributed by atoms with Gasteiger partial charge in [-0.1, -0.05) is 24.3 Å². The molecule has 2 N–H and O–H groups in total. The van der Waals surface area contributed by atoms with Gasteiger partial charge in [0.15, 0.2) is 5.65 Å². The summed E-state index contributed by atoms with van der Waals surface area (Å²) >= 11 is 0. The van der Waals surface area contributed by atoms with Crippen LogP contribution < -0.4 is 34.7 Å². The number of fused-ring (bicyclic) bond motifs is 1. The van der Waals surface area contributed by atoms with E-state index in [-0.39, 0.29) is 53.3 Å². The molecule has 7 nitrogen and oxygen atoms in total. The quantitative estimate of drug-likeness (QED) is 0.401. The largest absolute Gasteiger partial charge is 1.00 e. The Balaban J connectivity index is 0.00000336. The fraction of sp³-hybridized carbons (Fsp3) is 0.483. The SMILES string of the molecule is CC(C)(C)n1nc(C2CC2)c2c(-c3ccc(F)cc3)c(/C=C/[C@@H](O)C[C@@H](O)CC(=O)[O-])c(C3CC3)nc21.[Na+]. The van der Waals surface area contributed by atoms with Gasteiger partial charge in [-0.3, -0.25) is 0 Å². The zero-order valence-corrected chi connectivity index (χ0v) is 24.4. The standard InChI is InChI=1S/C29H34FN3O4.Na/c1-29(2,3)33-28-25(27(32-33)18-6-7-18)24(16-8-10-19(30)11-9-16)22(26(31-28)17-4-5-17)13-12-20(34)14-21(35)15-23(36)37;/h8-13,17-18,20-21,34-35H,4-7,14-15H2,1-3H3,(H,36,37);/q;+1/p-1/b13-12+;/t20-,21-;/m1./s1. The van der Waals surface area contributed by atoms with Crippen LogP contribution in [-0.2, 0) is 10.3 Å². The Morgan fingerprint density at radius 3 is 2.29 bits per heavy atom. The third-order valence-corrected chi connectivity index (χ3v) is 7.01. The molecule has 2 heterocycles. The molecule has 2 atom stereocenters. The van der Waals surface area contributed by atoms with Gasteiger partial charge in [-0.15, -0.1) is 0 Å². The second-order valence-electron chi connectivity index (χ2n) is 11.4. The topological polar surface area (TPSA) is 111 Å². The van der Waals surface area contributed by atoms with E-state index in [1.54, 1.807) is 18.2 Å². The summed E-state index contributed by atoms with van der Waals surface area (Å²) in [6.45, 7) is 6.32. The Hall–Kier alpha value is -2.10. The molecule has 0 aliphatic heterocycles. The molecule has 196 valence electrons. The minimum absolute atomic E-state index is 0. The Bertz CT molecular complexity index is 1360. The number of aromatic nitrogens is 3. The van der Waals surface area contributed by atoms with Crippen LogP contribution >= 0.6 is 0 Å². The number of nitrogens with zero attached hydrogens (tertiary/aromatic N) is 3. The first kappa shape index (κ1) is 28.9. The van der Waals surface area contributed by atoms with Gasteiger partial charge in [0, 0.05) is 41.8 Å². The van der Waals surface area contributed by atoms with Gasteiger partial charge in [0.25, 0.3) is 0 Å². The molecule has 2 aromatic heterocycles. The number of carboxylic acids is 1. The van der Waals surface area contributed by atoms with Crippen LogP contribution in [0.1, 0.15) is 88.1 Å². The molecule has 3 aromatic rings. The maximum atomic E-state index is 13.9. The predicted molar refractivity (Wildman–Crippen MR) is 137 cm³/mol. The van der Waals surface area contributed by atoms with Crippen LogP contribution in [0.5, 0.6) is 0 Å². The molecule has 5 rings (SSSR count). The predicted octanol–water partition coefficient (Wildman–Crippen LogP) is 1.02. The molecule has 2 aliphatic carbocycles. The molecule has 0 bridgehead atoms. The van der Waals surface area contributed by atoms with Gasteiger partial charge < -0.3 is 20.1 Å². The van der Waals surface area contributed by atoms with Crippen molar-refractivity contribution in [2.45, 2.75) is 88.9 Å². The fourth-order valence-corrected chi connectivity index (χ4v) is 4.91. The number of carbonyl (C=O) groups is 1. The second-order valence-corrected chi connectivity index (χ2v) is 11.4. The molecule has 9 heteroatoms. The molecule has 0 unspecified atom stereocenters. The van der Waals surface area contributed by atoms with E-state index in [9.17, 15) is 24.5 Å². The van der Waals surface area contributed by atoms with E-state index in [4.69, 9.17) is 10.1 Å². The van der Waals surface area contributed by atoms with Crippen LogP contribution in [0.25, 0.3) is 28.2 Å². The number of benzene rings is 1. The minimum atomic E-state index is -1.36. The molecule has 38 heavy (non-hydrogen) atoms. The summed E-state index contributed by atoms with van der Waals surface area (Å²) in [4.78, 5) is 16.0. The minimum Gasteiger partial charge on any atom is -0.550 e.